The van der Waals surface area contributed by atoms with Crippen molar-refractivity contribution in [1.29, 1.82) is 0 Å². The third kappa shape index (κ3) is 2.47. The Bertz CT molecular complexity index is 235. The first-order valence-electron chi connectivity index (χ1n) is 4.03. The van der Waals surface area contributed by atoms with Crippen LogP contribution in [0.25, 0.3) is 0 Å². The summed E-state index contributed by atoms with van der Waals surface area (Å²) in [5.41, 5.74) is 0.834. The predicted octanol–water partition coefficient (Wildman–Crippen LogP) is 2.57. The van der Waals surface area contributed by atoms with Crippen LogP contribution >= 0.6 is 11.6 Å². The lowest BCUT2D eigenvalue weighted by atomic mass is 10.1. The van der Waals surface area contributed by atoms with Gasteiger partial charge in [0.05, 0.1) is 6.10 Å². The summed E-state index contributed by atoms with van der Waals surface area (Å²) in [4.78, 5) is 3.89. The van der Waals surface area contributed by atoms with Crippen molar-refractivity contribution in [2.45, 2.75) is 25.9 Å². The fraction of sp³-hybridized carbons (Fsp3) is 0.444. The van der Waals surface area contributed by atoms with Gasteiger partial charge < -0.3 is 5.11 Å². The van der Waals surface area contributed by atoms with Crippen LogP contribution in [0.5, 0.6) is 0 Å². The Kier molecular flexibility index (Phi) is 3.50. The Hall–Kier alpha value is -0.600. The molecule has 0 bridgehead atoms. The van der Waals surface area contributed by atoms with Crippen molar-refractivity contribution in [3.8, 4) is 0 Å². The first-order chi connectivity index (χ1) is 5.74. The maximum Gasteiger partial charge on any atom is 0.129 e. The normalized spacial score (nSPS) is 12.9. The van der Waals surface area contributed by atoms with Gasteiger partial charge in [-0.15, -0.1) is 0 Å². The highest BCUT2D eigenvalue weighted by atomic mass is 35.5. The summed E-state index contributed by atoms with van der Waals surface area (Å²) in [6, 6.07) is 3.49. The zero-order valence-corrected chi connectivity index (χ0v) is 7.75. The second-order valence-electron chi connectivity index (χ2n) is 2.72. The second kappa shape index (κ2) is 4.43. The molecular weight excluding hydrogens is 174 g/mol. The van der Waals surface area contributed by atoms with Gasteiger partial charge in [-0.1, -0.05) is 31.0 Å². The van der Waals surface area contributed by atoms with Crippen LogP contribution in [0.3, 0.4) is 0 Å². The molecule has 12 heavy (non-hydrogen) atoms. The van der Waals surface area contributed by atoms with E-state index in [0.717, 1.165) is 18.4 Å². The van der Waals surface area contributed by atoms with Crippen LogP contribution in [-0.2, 0) is 0 Å². The number of pyridine rings is 1. The topological polar surface area (TPSA) is 33.1 Å². The number of hydrogen-bond donors (Lipinski definition) is 1. The molecule has 0 aliphatic rings. The SMILES string of the molecule is CCC[C@H](O)c1ccc(Cl)nc1. The molecule has 0 aromatic carbocycles. The smallest absolute Gasteiger partial charge is 0.129 e. The van der Waals surface area contributed by atoms with E-state index in [1.807, 2.05) is 6.92 Å². The first kappa shape index (κ1) is 9.49. The van der Waals surface area contributed by atoms with Gasteiger partial charge in [-0.2, -0.15) is 0 Å². The van der Waals surface area contributed by atoms with Crippen LogP contribution in [0.4, 0.5) is 0 Å². The maximum atomic E-state index is 9.53. The highest BCUT2D eigenvalue weighted by Gasteiger charge is 2.05. The van der Waals surface area contributed by atoms with E-state index in [4.69, 9.17) is 11.6 Å². The van der Waals surface area contributed by atoms with Crippen molar-refractivity contribution in [3.63, 3.8) is 0 Å². The molecule has 1 rings (SSSR count). The Morgan fingerprint density at radius 2 is 2.33 bits per heavy atom. The van der Waals surface area contributed by atoms with Crippen LogP contribution < -0.4 is 0 Å². The van der Waals surface area contributed by atoms with Gasteiger partial charge in [-0.05, 0) is 18.1 Å². The lowest BCUT2D eigenvalue weighted by Gasteiger charge is -2.07. The highest BCUT2D eigenvalue weighted by Crippen LogP contribution is 2.17. The summed E-state index contributed by atoms with van der Waals surface area (Å²) >= 11 is 5.60. The van der Waals surface area contributed by atoms with Crippen LogP contribution in [0, 0.1) is 0 Å². The highest BCUT2D eigenvalue weighted by molar-refractivity contribution is 6.29. The summed E-state index contributed by atoms with van der Waals surface area (Å²) in [5.74, 6) is 0. The van der Waals surface area contributed by atoms with Gasteiger partial charge in [-0.3, -0.25) is 0 Å². The van der Waals surface area contributed by atoms with Crippen molar-refractivity contribution in [3.05, 3.63) is 29.0 Å². The molecule has 0 saturated heterocycles. The number of nitrogens with zero attached hydrogens (tertiary/aromatic N) is 1. The molecule has 0 spiro atoms. The largest absolute Gasteiger partial charge is 0.388 e. The lowest BCUT2D eigenvalue weighted by molar-refractivity contribution is 0.166. The van der Waals surface area contributed by atoms with E-state index < -0.39 is 6.10 Å². The van der Waals surface area contributed by atoms with Gasteiger partial charge in [-0.25, -0.2) is 4.98 Å². The third-order valence-electron chi connectivity index (χ3n) is 1.70. The fourth-order valence-electron chi connectivity index (χ4n) is 1.02. The van der Waals surface area contributed by atoms with E-state index >= 15 is 0 Å². The summed E-state index contributed by atoms with van der Waals surface area (Å²) in [6.07, 6.45) is 2.94. The van der Waals surface area contributed by atoms with Gasteiger partial charge in [0.15, 0.2) is 0 Å². The van der Waals surface area contributed by atoms with Crippen LogP contribution in [0.15, 0.2) is 18.3 Å². The quantitative estimate of drug-likeness (QED) is 0.735. The molecule has 0 unspecified atom stereocenters. The summed E-state index contributed by atoms with van der Waals surface area (Å²) in [6.45, 7) is 2.03. The van der Waals surface area contributed by atoms with Gasteiger partial charge >= 0.3 is 0 Å². The summed E-state index contributed by atoms with van der Waals surface area (Å²) < 4.78 is 0. The second-order valence-corrected chi connectivity index (χ2v) is 3.11. The zero-order chi connectivity index (χ0) is 8.97. The Morgan fingerprint density at radius 3 is 2.83 bits per heavy atom. The standard InChI is InChI=1S/C9H12ClNO/c1-2-3-8(12)7-4-5-9(10)11-6-7/h4-6,8,12H,2-3H2,1H3/t8-/m0/s1. The number of hydrogen-bond acceptors (Lipinski definition) is 2. The van der Waals surface area contributed by atoms with Gasteiger partial charge in [0.1, 0.15) is 5.15 Å². The van der Waals surface area contributed by atoms with Gasteiger partial charge in [0, 0.05) is 6.20 Å². The van der Waals surface area contributed by atoms with Crippen LogP contribution in [0.2, 0.25) is 5.15 Å². The molecule has 0 aliphatic carbocycles. The Balaban J connectivity index is 2.68. The minimum absolute atomic E-state index is 0.403. The molecule has 0 amide bonds. The van der Waals surface area contributed by atoms with Crippen LogP contribution in [0.1, 0.15) is 31.4 Å². The molecule has 66 valence electrons. The number of aliphatic hydroxyl groups excluding tert-OH is 1. The molecular formula is C9H12ClNO. The lowest BCUT2D eigenvalue weighted by Crippen LogP contribution is -1.96. The summed E-state index contributed by atoms with van der Waals surface area (Å²) in [7, 11) is 0. The number of halogens is 1. The van der Waals surface area contributed by atoms with E-state index in [-0.39, 0.29) is 0 Å². The molecule has 1 heterocycles. The zero-order valence-electron chi connectivity index (χ0n) is 7.00. The maximum absolute atomic E-state index is 9.53. The average Bonchev–Trinajstić information content (AvgIpc) is 2.06. The molecule has 1 aromatic heterocycles. The van der Waals surface area contributed by atoms with Crippen molar-refractivity contribution in [1.82, 2.24) is 4.98 Å². The molecule has 1 N–H and O–H groups in total. The molecule has 0 radical (unpaired) electrons. The average molecular weight is 186 g/mol. The molecule has 0 saturated carbocycles. The number of aliphatic hydroxyl groups is 1. The molecule has 1 atom stereocenters. The van der Waals surface area contributed by atoms with E-state index in [1.54, 1.807) is 18.3 Å². The molecule has 0 fully saturated rings. The molecule has 1 aromatic rings. The molecule has 0 aliphatic heterocycles. The minimum Gasteiger partial charge on any atom is -0.388 e. The van der Waals surface area contributed by atoms with Crippen LogP contribution in [-0.4, -0.2) is 10.1 Å². The number of rotatable bonds is 3. The van der Waals surface area contributed by atoms with E-state index in [2.05, 4.69) is 4.98 Å². The van der Waals surface area contributed by atoms with Crippen molar-refractivity contribution >= 4 is 11.6 Å². The van der Waals surface area contributed by atoms with Crippen molar-refractivity contribution in [2.75, 3.05) is 0 Å². The Labute approximate surface area is 77.2 Å². The Morgan fingerprint density at radius 1 is 1.58 bits per heavy atom. The third-order valence-corrected chi connectivity index (χ3v) is 1.92. The fourth-order valence-corrected chi connectivity index (χ4v) is 1.14. The molecule has 3 heteroatoms. The van der Waals surface area contributed by atoms with Crippen molar-refractivity contribution in [2.24, 2.45) is 0 Å². The molecule has 2 nitrogen and oxygen atoms in total. The first-order valence-corrected chi connectivity index (χ1v) is 4.41. The predicted molar refractivity (Wildman–Crippen MR) is 49.1 cm³/mol. The number of aromatic nitrogens is 1. The van der Waals surface area contributed by atoms with Crippen molar-refractivity contribution < 1.29 is 5.11 Å². The van der Waals surface area contributed by atoms with E-state index in [9.17, 15) is 5.11 Å². The summed E-state index contributed by atoms with van der Waals surface area (Å²) in [5, 5.41) is 9.99. The monoisotopic (exact) mass is 185 g/mol. The van der Waals surface area contributed by atoms with E-state index in [1.165, 1.54) is 0 Å². The van der Waals surface area contributed by atoms with E-state index in [0.29, 0.717) is 5.15 Å². The van der Waals surface area contributed by atoms with Gasteiger partial charge in [0.25, 0.3) is 0 Å². The minimum atomic E-state index is -0.403. The van der Waals surface area contributed by atoms with Gasteiger partial charge in [0.2, 0.25) is 0 Å².